The van der Waals surface area contributed by atoms with E-state index in [4.69, 9.17) is 0 Å². The molecule has 1 heterocycles. The molecule has 0 unspecified atom stereocenters. The normalized spacial score (nSPS) is 11.4. The Bertz CT molecular complexity index is 1130. The fraction of sp³-hybridized carbons (Fsp3) is 0.167. The van der Waals surface area contributed by atoms with Gasteiger partial charge in [0.05, 0.1) is 16.1 Å². The number of nitriles is 1. The lowest BCUT2D eigenvalue weighted by molar-refractivity contribution is -0.384. The zero-order valence-electron chi connectivity index (χ0n) is 14.9. The first-order valence-electron chi connectivity index (χ1n) is 7.90. The maximum Gasteiger partial charge on any atom is 0.416 e. The van der Waals surface area contributed by atoms with Crippen LogP contribution in [0.3, 0.4) is 0 Å². The van der Waals surface area contributed by atoms with E-state index < -0.39 is 39.5 Å². The molecule has 2 rings (SSSR count). The molecule has 0 radical (unpaired) electrons. The SMILES string of the molecule is C=CCn1c(O)c(C=Nc2ccc(C(F)(F)F)cc2[N+](=O)[O-])c(C)c(C#N)c1=O. The zero-order chi connectivity index (χ0) is 21.9. The number of benzene rings is 1. The fourth-order valence-electron chi connectivity index (χ4n) is 2.51. The number of nitro groups is 1. The van der Waals surface area contributed by atoms with Gasteiger partial charge >= 0.3 is 6.18 Å². The molecule has 0 aliphatic carbocycles. The molecule has 2 aromatic rings. The van der Waals surface area contributed by atoms with Crippen molar-refractivity contribution < 1.29 is 23.2 Å². The van der Waals surface area contributed by atoms with Gasteiger partial charge in [0.25, 0.3) is 11.2 Å². The van der Waals surface area contributed by atoms with E-state index in [-0.39, 0.29) is 23.2 Å². The number of aromatic nitrogens is 1. The van der Waals surface area contributed by atoms with Crippen LogP contribution in [0.15, 0.2) is 40.6 Å². The van der Waals surface area contributed by atoms with E-state index in [1.165, 1.54) is 13.0 Å². The Morgan fingerprint density at radius 3 is 2.62 bits per heavy atom. The largest absolute Gasteiger partial charge is 0.494 e. The number of hydrogen-bond donors (Lipinski definition) is 1. The average Bonchev–Trinajstić information content (AvgIpc) is 2.64. The Hall–Kier alpha value is -3.94. The highest BCUT2D eigenvalue weighted by Crippen LogP contribution is 2.36. The van der Waals surface area contributed by atoms with Crippen molar-refractivity contribution >= 4 is 17.6 Å². The number of hydrogen-bond acceptors (Lipinski definition) is 6. The summed E-state index contributed by atoms with van der Waals surface area (Å²) in [6, 6.07) is 3.50. The molecule has 0 amide bonds. The van der Waals surface area contributed by atoms with E-state index in [1.54, 1.807) is 6.07 Å². The third-order valence-corrected chi connectivity index (χ3v) is 3.99. The van der Waals surface area contributed by atoms with E-state index in [0.29, 0.717) is 12.1 Å². The summed E-state index contributed by atoms with van der Waals surface area (Å²) in [5, 5.41) is 30.7. The lowest BCUT2D eigenvalue weighted by atomic mass is 10.1. The minimum absolute atomic E-state index is 0.0635. The average molecular weight is 406 g/mol. The first-order chi connectivity index (χ1) is 13.5. The molecule has 8 nitrogen and oxygen atoms in total. The molecule has 0 spiro atoms. The fourth-order valence-corrected chi connectivity index (χ4v) is 2.51. The van der Waals surface area contributed by atoms with Crippen LogP contribution in [0.1, 0.15) is 22.3 Å². The van der Waals surface area contributed by atoms with Crippen molar-refractivity contribution in [2.24, 2.45) is 4.99 Å². The third kappa shape index (κ3) is 4.16. The molecular formula is C18H13F3N4O4. The van der Waals surface area contributed by atoms with Crippen molar-refractivity contribution in [2.45, 2.75) is 19.6 Å². The number of nitro benzene ring substituents is 1. The Balaban J connectivity index is 2.67. The molecule has 0 atom stereocenters. The first kappa shape index (κ1) is 21.4. The molecule has 29 heavy (non-hydrogen) atoms. The first-order valence-corrected chi connectivity index (χ1v) is 7.90. The van der Waals surface area contributed by atoms with Crippen molar-refractivity contribution in [3.05, 3.63) is 73.6 Å². The molecule has 0 saturated carbocycles. The van der Waals surface area contributed by atoms with E-state index in [1.807, 2.05) is 0 Å². The molecule has 0 bridgehead atoms. The molecule has 0 saturated heterocycles. The third-order valence-electron chi connectivity index (χ3n) is 3.99. The van der Waals surface area contributed by atoms with Crippen LogP contribution in [0.4, 0.5) is 24.5 Å². The van der Waals surface area contributed by atoms with Gasteiger partial charge < -0.3 is 5.11 Å². The second-order valence-corrected chi connectivity index (χ2v) is 5.77. The monoisotopic (exact) mass is 406 g/mol. The van der Waals surface area contributed by atoms with Crippen LogP contribution in [0.5, 0.6) is 5.88 Å². The molecule has 0 aliphatic heterocycles. The molecule has 0 fully saturated rings. The standard InChI is InChI=1S/C18H13F3N4O4/c1-3-6-24-16(26)12(8-22)10(2)13(17(24)27)9-23-14-5-4-11(18(19,20)21)7-15(14)25(28)29/h3-5,7,9,27H,1,6H2,2H3. The Kier molecular flexibility index (Phi) is 5.87. The number of aliphatic imine (C=N–C) groups is 1. The van der Waals surface area contributed by atoms with Gasteiger partial charge in [0, 0.05) is 18.8 Å². The second kappa shape index (κ2) is 7.97. The van der Waals surface area contributed by atoms with Crippen molar-refractivity contribution in [1.82, 2.24) is 4.57 Å². The van der Waals surface area contributed by atoms with Gasteiger partial charge in [-0.05, 0) is 24.6 Å². The molecule has 1 N–H and O–H groups in total. The van der Waals surface area contributed by atoms with Crippen molar-refractivity contribution in [3.63, 3.8) is 0 Å². The summed E-state index contributed by atoms with van der Waals surface area (Å²) >= 11 is 0. The van der Waals surface area contributed by atoms with E-state index >= 15 is 0 Å². The lowest BCUT2D eigenvalue weighted by Crippen LogP contribution is -2.24. The molecule has 11 heteroatoms. The topological polar surface area (TPSA) is 122 Å². The van der Waals surface area contributed by atoms with Gasteiger partial charge in [-0.15, -0.1) is 6.58 Å². The summed E-state index contributed by atoms with van der Waals surface area (Å²) in [7, 11) is 0. The highest BCUT2D eigenvalue weighted by atomic mass is 19.4. The molecule has 1 aromatic carbocycles. The van der Waals surface area contributed by atoms with E-state index in [0.717, 1.165) is 16.8 Å². The van der Waals surface area contributed by atoms with E-state index in [2.05, 4.69) is 11.6 Å². The Labute approximate surface area is 161 Å². The zero-order valence-corrected chi connectivity index (χ0v) is 14.9. The van der Waals surface area contributed by atoms with Crippen molar-refractivity contribution in [2.75, 3.05) is 0 Å². The van der Waals surface area contributed by atoms with Gasteiger partial charge in [-0.3, -0.25) is 19.5 Å². The van der Waals surface area contributed by atoms with Gasteiger partial charge in [-0.2, -0.15) is 18.4 Å². The summed E-state index contributed by atoms with van der Waals surface area (Å²) in [4.78, 5) is 26.2. The summed E-state index contributed by atoms with van der Waals surface area (Å²) in [5.74, 6) is -0.565. The van der Waals surface area contributed by atoms with Crippen LogP contribution >= 0.6 is 0 Å². The number of nitrogens with zero attached hydrogens (tertiary/aromatic N) is 4. The molecule has 0 aliphatic rings. The maximum atomic E-state index is 12.8. The summed E-state index contributed by atoms with van der Waals surface area (Å²) in [6.07, 6.45) is -2.52. The van der Waals surface area contributed by atoms with Crippen LogP contribution < -0.4 is 5.56 Å². The minimum Gasteiger partial charge on any atom is -0.494 e. The number of allylic oxidation sites excluding steroid dienone is 1. The van der Waals surface area contributed by atoms with Crippen LogP contribution in [0.25, 0.3) is 0 Å². The molecule has 150 valence electrons. The highest BCUT2D eigenvalue weighted by Gasteiger charge is 2.33. The van der Waals surface area contributed by atoms with Gasteiger partial charge in [-0.25, -0.2) is 4.99 Å². The number of rotatable bonds is 5. The quantitative estimate of drug-likeness (QED) is 0.352. The van der Waals surface area contributed by atoms with Gasteiger partial charge in [0.2, 0.25) is 5.88 Å². The smallest absolute Gasteiger partial charge is 0.416 e. The molecule has 1 aromatic heterocycles. The summed E-state index contributed by atoms with van der Waals surface area (Å²) in [5.41, 5.74) is -3.58. The number of aromatic hydroxyl groups is 1. The van der Waals surface area contributed by atoms with Crippen LogP contribution in [0.2, 0.25) is 0 Å². The van der Waals surface area contributed by atoms with Gasteiger partial charge in [-0.1, -0.05) is 6.08 Å². The van der Waals surface area contributed by atoms with Crippen LogP contribution in [-0.4, -0.2) is 20.8 Å². The summed E-state index contributed by atoms with van der Waals surface area (Å²) in [6.45, 7) is 4.68. The Morgan fingerprint density at radius 2 is 2.10 bits per heavy atom. The Morgan fingerprint density at radius 1 is 1.45 bits per heavy atom. The summed E-state index contributed by atoms with van der Waals surface area (Å²) < 4.78 is 39.2. The second-order valence-electron chi connectivity index (χ2n) is 5.77. The lowest BCUT2D eigenvalue weighted by Gasteiger charge is -2.12. The molecular weight excluding hydrogens is 393 g/mol. The maximum absolute atomic E-state index is 12.8. The van der Waals surface area contributed by atoms with Crippen LogP contribution in [-0.2, 0) is 12.7 Å². The highest BCUT2D eigenvalue weighted by molar-refractivity contribution is 5.88. The van der Waals surface area contributed by atoms with Gasteiger partial charge in [0.1, 0.15) is 17.3 Å². The number of alkyl halides is 3. The van der Waals surface area contributed by atoms with Gasteiger partial charge in [0.15, 0.2) is 0 Å². The van der Waals surface area contributed by atoms with Crippen molar-refractivity contribution in [3.8, 4) is 11.9 Å². The van der Waals surface area contributed by atoms with Crippen molar-refractivity contribution in [1.29, 1.82) is 5.26 Å². The number of halogens is 3. The predicted octanol–water partition coefficient (Wildman–Crippen LogP) is 3.60. The van der Waals surface area contributed by atoms with Crippen LogP contribution in [0, 0.1) is 28.4 Å². The number of pyridine rings is 1. The predicted molar refractivity (Wildman–Crippen MR) is 97.4 cm³/mol. The minimum atomic E-state index is -4.77. The van der Waals surface area contributed by atoms with E-state index in [9.17, 15) is 38.4 Å².